The highest BCUT2D eigenvalue weighted by Crippen LogP contribution is 2.34. The summed E-state index contributed by atoms with van der Waals surface area (Å²) >= 11 is 3.44. The Morgan fingerprint density at radius 1 is 1.04 bits per heavy atom. The molecule has 27 heavy (non-hydrogen) atoms. The first kappa shape index (κ1) is 20.8. The molecule has 0 saturated carbocycles. The number of hydrogen-bond donors (Lipinski definition) is 2. The normalized spacial score (nSPS) is 10.4. The third-order valence-electron chi connectivity index (χ3n) is 3.66. The third kappa shape index (κ3) is 5.50. The number of halogens is 1. The fraction of sp³-hybridized carbons (Fsp3) is 0.368. The summed E-state index contributed by atoms with van der Waals surface area (Å²) in [5.74, 6) is 1.50. The molecule has 2 rings (SSSR count). The van der Waals surface area contributed by atoms with E-state index in [1.54, 1.807) is 32.0 Å². The Labute approximate surface area is 166 Å². The summed E-state index contributed by atoms with van der Waals surface area (Å²) in [6.07, 6.45) is 0.0523. The van der Waals surface area contributed by atoms with Gasteiger partial charge in [0.15, 0.2) is 11.5 Å². The second kappa shape index (κ2) is 9.45. The predicted molar refractivity (Wildman–Crippen MR) is 104 cm³/mol. The molecular weight excluding hydrogens is 416 g/mol. The summed E-state index contributed by atoms with van der Waals surface area (Å²) < 4.78 is 17.2. The minimum absolute atomic E-state index is 0.0523. The lowest BCUT2D eigenvalue weighted by molar-refractivity contribution is -0.121. The van der Waals surface area contributed by atoms with E-state index in [2.05, 4.69) is 26.8 Å². The summed E-state index contributed by atoms with van der Waals surface area (Å²) in [6.45, 7) is 8.19. The highest BCUT2D eigenvalue weighted by atomic mass is 79.9. The van der Waals surface area contributed by atoms with Crippen molar-refractivity contribution in [2.75, 3.05) is 13.2 Å². The van der Waals surface area contributed by atoms with Crippen LogP contribution >= 0.6 is 15.9 Å². The number of ether oxygens (including phenoxy) is 2. The average Bonchev–Trinajstić information content (AvgIpc) is 2.95. The van der Waals surface area contributed by atoms with Gasteiger partial charge in [0.05, 0.1) is 25.2 Å². The number of benzene rings is 1. The molecule has 0 bridgehead atoms. The molecule has 7 nitrogen and oxygen atoms in total. The van der Waals surface area contributed by atoms with Crippen LogP contribution in [0.4, 0.5) is 0 Å². The molecular formula is C19H23BrN2O5. The predicted octanol–water partition coefficient (Wildman–Crippen LogP) is 3.46. The molecule has 0 spiro atoms. The minimum Gasteiger partial charge on any atom is -0.490 e. The molecule has 0 fully saturated rings. The Balaban J connectivity index is 2.03. The number of hydrogen-bond acceptors (Lipinski definition) is 5. The van der Waals surface area contributed by atoms with E-state index in [1.165, 1.54) is 0 Å². The van der Waals surface area contributed by atoms with Crippen molar-refractivity contribution in [3.63, 3.8) is 0 Å². The zero-order chi connectivity index (χ0) is 20.0. The summed E-state index contributed by atoms with van der Waals surface area (Å²) in [4.78, 5) is 24.4. The SMILES string of the molecule is CCOc1cc(Br)c(CC(=O)NNC(=O)c2cc(C)oc2C)cc1OCC. The van der Waals surface area contributed by atoms with Gasteiger partial charge in [0.25, 0.3) is 5.91 Å². The maximum atomic E-state index is 12.2. The number of nitrogens with one attached hydrogen (secondary N) is 2. The minimum atomic E-state index is -0.432. The molecule has 0 aliphatic carbocycles. The van der Waals surface area contributed by atoms with Gasteiger partial charge in [0, 0.05) is 4.47 Å². The Bertz CT molecular complexity index is 832. The molecule has 0 saturated heterocycles. The number of carbonyl (C=O) groups excluding carboxylic acids is 2. The van der Waals surface area contributed by atoms with Crippen LogP contribution in [0.5, 0.6) is 11.5 Å². The van der Waals surface area contributed by atoms with Crippen molar-refractivity contribution in [2.45, 2.75) is 34.1 Å². The first-order chi connectivity index (χ1) is 12.8. The first-order valence-corrected chi connectivity index (χ1v) is 9.39. The van der Waals surface area contributed by atoms with E-state index in [0.29, 0.717) is 47.4 Å². The lowest BCUT2D eigenvalue weighted by Crippen LogP contribution is -2.42. The fourth-order valence-electron chi connectivity index (χ4n) is 2.52. The van der Waals surface area contributed by atoms with Crippen molar-refractivity contribution in [3.05, 3.63) is 45.3 Å². The summed E-state index contributed by atoms with van der Waals surface area (Å²) in [5, 5.41) is 0. The molecule has 0 unspecified atom stereocenters. The van der Waals surface area contributed by atoms with Gasteiger partial charge in [0.2, 0.25) is 5.91 Å². The molecule has 0 atom stereocenters. The molecule has 146 valence electrons. The summed E-state index contributed by atoms with van der Waals surface area (Å²) in [5.41, 5.74) is 5.90. The lowest BCUT2D eigenvalue weighted by atomic mass is 10.1. The van der Waals surface area contributed by atoms with Gasteiger partial charge >= 0.3 is 0 Å². The number of amides is 2. The van der Waals surface area contributed by atoms with Crippen LogP contribution in [0.1, 0.15) is 41.3 Å². The molecule has 1 aromatic carbocycles. The highest BCUT2D eigenvalue weighted by molar-refractivity contribution is 9.10. The van der Waals surface area contributed by atoms with E-state index in [9.17, 15) is 9.59 Å². The van der Waals surface area contributed by atoms with Crippen molar-refractivity contribution >= 4 is 27.7 Å². The molecule has 0 aliphatic heterocycles. The van der Waals surface area contributed by atoms with Crippen molar-refractivity contribution in [1.29, 1.82) is 0 Å². The van der Waals surface area contributed by atoms with Gasteiger partial charge < -0.3 is 13.9 Å². The van der Waals surface area contributed by atoms with Crippen molar-refractivity contribution < 1.29 is 23.5 Å². The van der Waals surface area contributed by atoms with Crippen LogP contribution < -0.4 is 20.3 Å². The van der Waals surface area contributed by atoms with Gasteiger partial charge in [-0.1, -0.05) is 15.9 Å². The van der Waals surface area contributed by atoms with E-state index in [-0.39, 0.29) is 12.3 Å². The third-order valence-corrected chi connectivity index (χ3v) is 4.40. The van der Waals surface area contributed by atoms with Crippen LogP contribution in [0, 0.1) is 13.8 Å². The molecule has 2 aromatic rings. The van der Waals surface area contributed by atoms with Crippen LogP contribution in [-0.4, -0.2) is 25.0 Å². The Kier molecular flexibility index (Phi) is 7.29. The monoisotopic (exact) mass is 438 g/mol. The molecule has 0 radical (unpaired) electrons. The molecule has 1 aromatic heterocycles. The zero-order valence-corrected chi connectivity index (χ0v) is 17.4. The second-order valence-electron chi connectivity index (χ2n) is 5.76. The van der Waals surface area contributed by atoms with Gasteiger partial charge in [-0.3, -0.25) is 20.4 Å². The molecule has 1 heterocycles. The Morgan fingerprint density at radius 3 is 2.22 bits per heavy atom. The maximum Gasteiger partial charge on any atom is 0.273 e. The van der Waals surface area contributed by atoms with Crippen LogP contribution in [0.3, 0.4) is 0 Å². The largest absolute Gasteiger partial charge is 0.490 e. The second-order valence-corrected chi connectivity index (χ2v) is 6.62. The molecule has 2 amide bonds. The number of carbonyl (C=O) groups is 2. The van der Waals surface area contributed by atoms with Gasteiger partial charge in [-0.05, 0) is 51.5 Å². The van der Waals surface area contributed by atoms with Gasteiger partial charge in [-0.25, -0.2) is 0 Å². The zero-order valence-electron chi connectivity index (χ0n) is 15.8. The van der Waals surface area contributed by atoms with Gasteiger partial charge in [0.1, 0.15) is 11.5 Å². The van der Waals surface area contributed by atoms with E-state index in [1.807, 2.05) is 13.8 Å². The van der Waals surface area contributed by atoms with Gasteiger partial charge in [-0.2, -0.15) is 0 Å². The van der Waals surface area contributed by atoms with Crippen molar-refractivity contribution in [1.82, 2.24) is 10.9 Å². The fourth-order valence-corrected chi connectivity index (χ4v) is 2.98. The van der Waals surface area contributed by atoms with Gasteiger partial charge in [-0.15, -0.1) is 0 Å². The maximum absolute atomic E-state index is 12.2. The van der Waals surface area contributed by atoms with Crippen LogP contribution in [0.25, 0.3) is 0 Å². The summed E-state index contributed by atoms with van der Waals surface area (Å²) in [6, 6.07) is 5.14. The molecule has 8 heteroatoms. The number of rotatable bonds is 7. The quantitative estimate of drug-likeness (QED) is 0.645. The first-order valence-electron chi connectivity index (χ1n) is 8.59. The Hall–Kier alpha value is -2.48. The van der Waals surface area contributed by atoms with Crippen molar-refractivity contribution in [2.24, 2.45) is 0 Å². The topological polar surface area (TPSA) is 89.8 Å². The molecule has 2 N–H and O–H groups in total. The standard InChI is InChI=1S/C19H23BrN2O5/c1-5-25-16-8-13(15(20)10-17(16)26-6-2)9-18(23)21-22-19(24)14-7-11(3)27-12(14)4/h7-8,10H,5-6,9H2,1-4H3,(H,21,23)(H,22,24). The molecule has 0 aliphatic rings. The summed E-state index contributed by atoms with van der Waals surface area (Å²) in [7, 11) is 0. The highest BCUT2D eigenvalue weighted by Gasteiger charge is 2.16. The van der Waals surface area contributed by atoms with Crippen LogP contribution in [-0.2, 0) is 11.2 Å². The van der Waals surface area contributed by atoms with Crippen molar-refractivity contribution in [3.8, 4) is 11.5 Å². The Morgan fingerprint density at radius 2 is 1.67 bits per heavy atom. The van der Waals surface area contributed by atoms with E-state index >= 15 is 0 Å². The lowest BCUT2D eigenvalue weighted by Gasteiger charge is -2.14. The van der Waals surface area contributed by atoms with E-state index < -0.39 is 5.91 Å². The average molecular weight is 439 g/mol. The van der Waals surface area contributed by atoms with E-state index in [0.717, 1.165) is 4.47 Å². The number of aryl methyl sites for hydroxylation is 2. The number of furan rings is 1. The number of hydrazine groups is 1. The van der Waals surface area contributed by atoms with Crippen LogP contribution in [0.2, 0.25) is 0 Å². The van der Waals surface area contributed by atoms with Crippen LogP contribution in [0.15, 0.2) is 27.1 Å². The smallest absolute Gasteiger partial charge is 0.273 e. The van der Waals surface area contributed by atoms with E-state index in [4.69, 9.17) is 13.9 Å².